The second-order valence-electron chi connectivity index (χ2n) is 6.05. The summed E-state index contributed by atoms with van der Waals surface area (Å²) in [6.45, 7) is 0.585. The fraction of sp³-hybridized carbons (Fsp3) is 0.300. The molecule has 2 aromatic rings. The monoisotopic (exact) mass is 354 g/mol. The highest BCUT2D eigenvalue weighted by molar-refractivity contribution is 6.22. The molecule has 2 amide bonds. The van der Waals surface area contributed by atoms with Gasteiger partial charge in [-0.3, -0.25) is 9.59 Å². The van der Waals surface area contributed by atoms with Gasteiger partial charge in [-0.25, -0.2) is 4.90 Å². The highest BCUT2D eigenvalue weighted by atomic mass is 16.5. The summed E-state index contributed by atoms with van der Waals surface area (Å²) in [6.07, 6.45) is 0.892. The summed E-state index contributed by atoms with van der Waals surface area (Å²) in [5.74, 6) is 0.977. The molecule has 1 atom stereocenters. The van der Waals surface area contributed by atoms with Crippen LogP contribution in [0.25, 0.3) is 0 Å². The predicted molar refractivity (Wildman–Crippen MR) is 98.6 cm³/mol. The molecule has 1 heterocycles. The lowest BCUT2D eigenvalue weighted by molar-refractivity contribution is -0.121. The lowest BCUT2D eigenvalue weighted by Crippen LogP contribution is -2.39. The number of nitrogens with one attached hydrogen (secondary N) is 1. The van der Waals surface area contributed by atoms with Crippen molar-refractivity contribution in [1.29, 1.82) is 0 Å². The average Bonchev–Trinajstić information content (AvgIpc) is 2.95. The Morgan fingerprint density at radius 1 is 1.04 bits per heavy atom. The quantitative estimate of drug-likeness (QED) is 0.772. The van der Waals surface area contributed by atoms with Gasteiger partial charge in [-0.1, -0.05) is 24.3 Å². The van der Waals surface area contributed by atoms with E-state index in [0.29, 0.717) is 30.2 Å². The third-order valence-electron chi connectivity index (χ3n) is 4.41. The Kier molecular flexibility index (Phi) is 5.53. The van der Waals surface area contributed by atoms with E-state index in [1.807, 2.05) is 36.4 Å². The Morgan fingerprint density at radius 2 is 1.77 bits per heavy atom. The van der Waals surface area contributed by atoms with Crippen molar-refractivity contribution in [2.45, 2.75) is 18.9 Å². The van der Waals surface area contributed by atoms with Crippen LogP contribution in [0, 0.1) is 0 Å². The summed E-state index contributed by atoms with van der Waals surface area (Å²) >= 11 is 0. The minimum atomic E-state index is -0.483. The number of anilines is 1. The minimum Gasteiger partial charge on any atom is -0.493 e. The van der Waals surface area contributed by atoms with Crippen LogP contribution in [0.5, 0.6) is 11.5 Å². The van der Waals surface area contributed by atoms with Crippen LogP contribution in [0.3, 0.4) is 0 Å². The van der Waals surface area contributed by atoms with E-state index in [-0.39, 0.29) is 18.2 Å². The molecule has 0 spiro atoms. The standard InChI is InChI=1S/C20H22N2O4/c1-25-17-9-8-14(12-18(17)26-2)10-11-21-16-13-19(23)22(20(16)24)15-6-4-3-5-7-15/h3-9,12,16,21H,10-11,13H2,1-2H3/t16-/m0/s1. The molecule has 6 heteroatoms. The fourth-order valence-electron chi connectivity index (χ4n) is 3.07. The van der Waals surface area contributed by atoms with E-state index in [0.717, 1.165) is 5.56 Å². The molecule has 0 saturated carbocycles. The molecule has 2 aromatic carbocycles. The van der Waals surface area contributed by atoms with Gasteiger partial charge in [-0.15, -0.1) is 0 Å². The van der Waals surface area contributed by atoms with Crippen LogP contribution in [0.1, 0.15) is 12.0 Å². The Morgan fingerprint density at radius 3 is 2.46 bits per heavy atom. The summed E-state index contributed by atoms with van der Waals surface area (Å²) < 4.78 is 10.5. The van der Waals surface area contributed by atoms with E-state index in [4.69, 9.17) is 9.47 Å². The molecule has 26 heavy (non-hydrogen) atoms. The molecule has 1 N–H and O–H groups in total. The second-order valence-corrected chi connectivity index (χ2v) is 6.05. The van der Waals surface area contributed by atoms with Crippen LogP contribution in [0.2, 0.25) is 0 Å². The summed E-state index contributed by atoms with van der Waals surface area (Å²) in [7, 11) is 3.20. The van der Waals surface area contributed by atoms with Gasteiger partial charge in [0.05, 0.1) is 32.4 Å². The number of methoxy groups -OCH3 is 2. The second kappa shape index (κ2) is 8.01. The molecular weight excluding hydrogens is 332 g/mol. The molecule has 0 aliphatic carbocycles. The molecule has 0 bridgehead atoms. The van der Waals surface area contributed by atoms with Crippen molar-refractivity contribution in [3.8, 4) is 11.5 Å². The smallest absolute Gasteiger partial charge is 0.251 e. The van der Waals surface area contributed by atoms with Gasteiger partial charge in [0.2, 0.25) is 5.91 Å². The molecule has 136 valence electrons. The molecule has 0 aromatic heterocycles. The van der Waals surface area contributed by atoms with E-state index in [9.17, 15) is 9.59 Å². The van der Waals surface area contributed by atoms with Gasteiger partial charge < -0.3 is 14.8 Å². The van der Waals surface area contributed by atoms with Gasteiger partial charge in [-0.2, -0.15) is 0 Å². The summed E-state index contributed by atoms with van der Waals surface area (Å²) in [6, 6.07) is 14.3. The first-order chi connectivity index (χ1) is 12.6. The van der Waals surface area contributed by atoms with Gasteiger partial charge >= 0.3 is 0 Å². The molecule has 0 radical (unpaired) electrons. The normalized spacial score (nSPS) is 16.8. The van der Waals surface area contributed by atoms with E-state index in [1.165, 1.54) is 4.90 Å². The number of amides is 2. The van der Waals surface area contributed by atoms with E-state index >= 15 is 0 Å². The number of hydrogen-bond donors (Lipinski definition) is 1. The number of benzene rings is 2. The minimum absolute atomic E-state index is 0.176. The van der Waals surface area contributed by atoms with E-state index in [2.05, 4.69) is 5.32 Å². The Labute approximate surface area is 152 Å². The molecule has 1 fully saturated rings. The molecule has 6 nitrogen and oxygen atoms in total. The van der Waals surface area contributed by atoms with Crippen molar-refractivity contribution in [2.24, 2.45) is 0 Å². The maximum Gasteiger partial charge on any atom is 0.251 e. The van der Waals surface area contributed by atoms with Gasteiger partial charge in [0.15, 0.2) is 11.5 Å². The van der Waals surface area contributed by atoms with Crippen LogP contribution in [0.4, 0.5) is 5.69 Å². The predicted octanol–water partition coefficient (Wildman–Crippen LogP) is 2.17. The first-order valence-corrected chi connectivity index (χ1v) is 8.50. The van der Waals surface area contributed by atoms with E-state index in [1.54, 1.807) is 26.4 Å². The molecule has 1 saturated heterocycles. The van der Waals surface area contributed by atoms with Gasteiger partial charge in [-0.05, 0) is 42.8 Å². The fourth-order valence-corrected chi connectivity index (χ4v) is 3.07. The lowest BCUT2D eigenvalue weighted by Gasteiger charge is -2.15. The van der Waals surface area contributed by atoms with Crippen LogP contribution < -0.4 is 19.7 Å². The zero-order chi connectivity index (χ0) is 18.5. The number of carbonyl (C=O) groups is 2. The van der Waals surface area contributed by atoms with Crippen molar-refractivity contribution >= 4 is 17.5 Å². The Bertz CT molecular complexity index is 792. The van der Waals surface area contributed by atoms with Gasteiger partial charge in [0.25, 0.3) is 5.91 Å². The van der Waals surface area contributed by atoms with Crippen molar-refractivity contribution in [2.75, 3.05) is 25.7 Å². The third-order valence-corrected chi connectivity index (χ3v) is 4.41. The summed E-state index contributed by atoms with van der Waals surface area (Å²) in [5.41, 5.74) is 1.68. The lowest BCUT2D eigenvalue weighted by atomic mass is 10.1. The Hall–Kier alpha value is -2.86. The Balaban J connectivity index is 1.59. The molecule has 1 aliphatic rings. The molecule has 3 rings (SSSR count). The van der Waals surface area contributed by atoms with Crippen LogP contribution in [-0.4, -0.2) is 38.6 Å². The number of hydrogen-bond acceptors (Lipinski definition) is 5. The maximum absolute atomic E-state index is 12.5. The largest absolute Gasteiger partial charge is 0.493 e. The van der Waals surface area contributed by atoms with Crippen molar-refractivity contribution in [3.05, 3.63) is 54.1 Å². The number of imide groups is 1. The highest BCUT2D eigenvalue weighted by Gasteiger charge is 2.38. The van der Waals surface area contributed by atoms with E-state index < -0.39 is 6.04 Å². The van der Waals surface area contributed by atoms with Crippen LogP contribution >= 0.6 is 0 Å². The number of rotatable bonds is 7. The highest BCUT2D eigenvalue weighted by Crippen LogP contribution is 2.27. The summed E-state index contributed by atoms with van der Waals surface area (Å²) in [4.78, 5) is 26.0. The maximum atomic E-state index is 12.5. The number of carbonyl (C=O) groups excluding carboxylic acids is 2. The van der Waals surface area contributed by atoms with Crippen molar-refractivity contribution in [1.82, 2.24) is 5.32 Å². The number of ether oxygens (including phenoxy) is 2. The third kappa shape index (κ3) is 3.70. The average molecular weight is 354 g/mol. The topological polar surface area (TPSA) is 67.9 Å². The van der Waals surface area contributed by atoms with Crippen molar-refractivity contribution < 1.29 is 19.1 Å². The first kappa shape index (κ1) is 17.9. The number of para-hydroxylation sites is 1. The summed E-state index contributed by atoms with van der Waals surface area (Å²) in [5, 5.41) is 3.19. The van der Waals surface area contributed by atoms with Gasteiger partial charge in [0.1, 0.15) is 0 Å². The zero-order valence-electron chi connectivity index (χ0n) is 14.9. The van der Waals surface area contributed by atoms with Crippen LogP contribution in [0.15, 0.2) is 48.5 Å². The SMILES string of the molecule is COc1ccc(CCN[C@H]2CC(=O)N(c3ccccc3)C2=O)cc1OC. The molecule has 1 aliphatic heterocycles. The van der Waals surface area contributed by atoms with Crippen LogP contribution in [-0.2, 0) is 16.0 Å². The first-order valence-electron chi connectivity index (χ1n) is 8.50. The molecular formula is C20H22N2O4. The molecule has 0 unspecified atom stereocenters. The van der Waals surface area contributed by atoms with Gasteiger partial charge in [0, 0.05) is 0 Å². The number of nitrogens with zero attached hydrogens (tertiary/aromatic N) is 1. The zero-order valence-corrected chi connectivity index (χ0v) is 14.9. The van der Waals surface area contributed by atoms with Crippen molar-refractivity contribution in [3.63, 3.8) is 0 Å².